The summed E-state index contributed by atoms with van der Waals surface area (Å²) in [5, 5.41) is 16.0. The maximum atomic E-state index is 13.3. The summed E-state index contributed by atoms with van der Waals surface area (Å²) >= 11 is 2.39. The van der Waals surface area contributed by atoms with E-state index < -0.39 is 41.1 Å². The molecule has 0 unspecified atom stereocenters. The van der Waals surface area contributed by atoms with Crippen LogP contribution in [0.15, 0.2) is 52.4 Å². The molecule has 232 valence electrons. The number of oxime groups is 1. The van der Waals surface area contributed by atoms with E-state index in [9.17, 15) is 24.4 Å². The van der Waals surface area contributed by atoms with Gasteiger partial charge in [-0.1, -0.05) is 29.8 Å². The number of anilines is 1. The molecule has 2 aromatic rings. The van der Waals surface area contributed by atoms with E-state index in [0.29, 0.717) is 11.3 Å². The van der Waals surface area contributed by atoms with Crippen molar-refractivity contribution in [3.63, 3.8) is 0 Å². The summed E-state index contributed by atoms with van der Waals surface area (Å²) in [5.41, 5.74) is 6.59. The molecule has 0 aromatic carbocycles. The van der Waals surface area contributed by atoms with Crippen molar-refractivity contribution in [1.82, 2.24) is 20.2 Å². The zero-order valence-corrected chi connectivity index (χ0v) is 25.1. The van der Waals surface area contributed by atoms with Crippen molar-refractivity contribution in [3.05, 3.63) is 58.5 Å². The topological polar surface area (TPSA) is 196 Å². The van der Waals surface area contributed by atoms with Crippen LogP contribution in [0.25, 0.3) is 6.08 Å². The lowest BCUT2D eigenvalue weighted by Gasteiger charge is -2.49. The van der Waals surface area contributed by atoms with E-state index in [1.807, 2.05) is 6.07 Å². The molecule has 0 spiro atoms. The van der Waals surface area contributed by atoms with Gasteiger partial charge in [0.05, 0.1) is 0 Å². The van der Waals surface area contributed by atoms with Gasteiger partial charge in [0.25, 0.3) is 11.8 Å². The Balaban J connectivity index is 1.25. The number of pyridine rings is 1. The summed E-state index contributed by atoms with van der Waals surface area (Å²) in [6.07, 6.45) is 10.5. The Labute approximate surface area is 260 Å². The van der Waals surface area contributed by atoms with E-state index in [4.69, 9.17) is 19.9 Å². The van der Waals surface area contributed by atoms with Crippen LogP contribution in [-0.2, 0) is 28.6 Å². The number of carbonyl (C=O) groups excluding carboxylic acids is 4. The van der Waals surface area contributed by atoms with Crippen molar-refractivity contribution in [1.29, 1.82) is 0 Å². The van der Waals surface area contributed by atoms with Gasteiger partial charge >= 0.3 is 12.1 Å². The summed E-state index contributed by atoms with van der Waals surface area (Å²) in [7, 11) is 0. The fourth-order valence-electron chi connectivity index (χ4n) is 4.93. The summed E-state index contributed by atoms with van der Waals surface area (Å²) < 4.78 is 15.8. The molecular weight excluding hydrogens is 612 g/mol. The minimum absolute atomic E-state index is 0.0116. The maximum Gasteiger partial charge on any atom is 0.508 e. The quantitative estimate of drug-likeness (QED) is 0.0857. The lowest BCUT2D eigenvalue weighted by Crippen LogP contribution is -2.71. The van der Waals surface area contributed by atoms with Gasteiger partial charge in [0.15, 0.2) is 10.8 Å². The van der Waals surface area contributed by atoms with Crippen LogP contribution in [0, 0.1) is 0 Å². The average molecular weight is 643 g/mol. The molecule has 4 heterocycles. The monoisotopic (exact) mass is 642 g/mol. The first-order valence-corrected chi connectivity index (χ1v) is 15.8. The Bertz CT molecular complexity index is 1490. The second-order valence-corrected chi connectivity index (χ2v) is 12.0. The number of thioether (sulfide) groups is 1. The number of nitrogens with zero attached hydrogens (tertiary/aromatic N) is 4. The zero-order chi connectivity index (χ0) is 31.1. The molecule has 1 saturated heterocycles. The lowest BCUT2D eigenvalue weighted by atomic mass is 9.98. The molecule has 1 aliphatic carbocycles. The number of nitrogens with one attached hydrogen (secondary N) is 1. The number of fused-ring (bicyclic) bond motifs is 1. The molecule has 14 nitrogen and oxygen atoms in total. The van der Waals surface area contributed by atoms with E-state index in [1.54, 1.807) is 30.6 Å². The predicted octanol–water partition coefficient (Wildman–Crippen LogP) is 2.70. The highest BCUT2D eigenvalue weighted by Crippen LogP contribution is 2.41. The van der Waals surface area contributed by atoms with Gasteiger partial charge in [-0.25, -0.2) is 14.6 Å². The first-order chi connectivity index (χ1) is 21.4. The van der Waals surface area contributed by atoms with Crippen LogP contribution in [0.2, 0.25) is 0 Å². The van der Waals surface area contributed by atoms with Gasteiger partial charge in [-0.05, 0) is 42.9 Å². The summed E-state index contributed by atoms with van der Waals surface area (Å²) in [4.78, 5) is 60.8. The molecule has 3 aliphatic rings. The molecule has 4 N–H and O–H groups in total. The second-order valence-electron chi connectivity index (χ2n) is 9.99. The largest absolute Gasteiger partial charge is 0.508 e. The molecule has 1 saturated carbocycles. The van der Waals surface area contributed by atoms with Crippen LogP contribution in [0.1, 0.15) is 43.4 Å². The molecule has 2 fully saturated rings. The highest BCUT2D eigenvalue weighted by Gasteiger charge is 2.54. The Morgan fingerprint density at radius 1 is 1.18 bits per heavy atom. The highest BCUT2D eigenvalue weighted by atomic mass is 32.2. The van der Waals surface area contributed by atoms with Crippen molar-refractivity contribution in [2.24, 2.45) is 5.16 Å². The van der Waals surface area contributed by atoms with E-state index in [0.717, 1.165) is 49.0 Å². The van der Waals surface area contributed by atoms with E-state index in [2.05, 4.69) is 20.4 Å². The number of ether oxygens (including phenoxy) is 3. The standard InChI is InChI=1S/C28H30N6O8S2/c29-27-31-19(15-44-27)20(33-39)23(35)32-21-24(36)34-22(17(14-43-25(21)34)9-8-16-5-4-10-30-13-16)26(37)40-11-12-41-28(38)42-18-6-2-1-3-7-18/h4-5,8-10,13,15,18,21,25,39H,1-3,6-7,11-12,14H2,(H2,29,31)(H,32,35)/b9-8-,33-20?/t21-,25+/m1/s1. The Hall–Kier alpha value is -4.44. The number of esters is 1. The second kappa shape index (κ2) is 14.4. The fraction of sp³-hybridized carbons (Fsp3) is 0.393. The van der Waals surface area contributed by atoms with Crippen molar-refractivity contribution >= 4 is 64.0 Å². The number of carbonyl (C=O) groups is 4. The first-order valence-electron chi connectivity index (χ1n) is 13.9. The minimum atomic E-state index is -1.01. The molecular formula is C28H30N6O8S2. The number of nitrogens with two attached hydrogens (primary N) is 1. The third-order valence-corrected chi connectivity index (χ3v) is 9.05. The third-order valence-electron chi connectivity index (χ3n) is 7.07. The Morgan fingerprint density at radius 2 is 1.98 bits per heavy atom. The molecule has 2 aromatic heterocycles. The number of nitrogen functional groups attached to an aromatic ring is 1. The van der Waals surface area contributed by atoms with E-state index in [1.165, 1.54) is 22.0 Å². The van der Waals surface area contributed by atoms with Gasteiger partial charge in [0.2, 0.25) is 0 Å². The van der Waals surface area contributed by atoms with E-state index in [-0.39, 0.29) is 35.8 Å². The van der Waals surface area contributed by atoms with Crippen molar-refractivity contribution in [2.75, 3.05) is 24.7 Å². The SMILES string of the molecule is Nc1nc(C(=NO)C(=O)N[C@@H]2C(=O)N3C(C(=O)OCCOC(=O)OC4CCCCC4)=C(/C=C\c4cccnc4)CS[C@@H]23)cs1. The predicted molar refractivity (Wildman–Crippen MR) is 160 cm³/mol. The van der Waals surface area contributed by atoms with Crippen molar-refractivity contribution < 1.29 is 38.6 Å². The molecule has 0 bridgehead atoms. The number of thiazole rings is 1. The molecule has 2 amide bonds. The lowest BCUT2D eigenvalue weighted by molar-refractivity contribution is -0.153. The number of β-lactam (4-membered cyclic amide) rings is 1. The highest BCUT2D eigenvalue weighted by molar-refractivity contribution is 8.00. The summed E-state index contributed by atoms with van der Waals surface area (Å²) in [6, 6.07) is 2.59. The van der Waals surface area contributed by atoms with Crippen LogP contribution < -0.4 is 11.1 Å². The van der Waals surface area contributed by atoms with Gasteiger partial charge in [-0.15, -0.1) is 23.1 Å². The van der Waals surface area contributed by atoms with Gasteiger partial charge in [0, 0.05) is 23.5 Å². The Kier molecular flexibility index (Phi) is 10.1. The Morgan fingerprint density at radius 3 is 2.68 bits per heavy atom. The van der Waals surface area contributed by atoms with E-state index >= 15 is 0 Å². The van der Waals surface area contributed by atoms with Crippen LogP contribution in [0.3, 0.4) is 0 Å². The number of hydrogen-bond donors (Lipinski definition) is 3. The molecule has 5 rings (SSSR count). The zero-order valence-electron chi connectivity index (χ0n) is 23.4. The molecule has 0 radical (unpaired) electrons. The maximum absolute atomic E-state index is 13.3. The minimum Gasteiger partial charge on any atom is -0.457 e. The van der Waals surface area contributed by atoms with Gasteiger partial charge in [-0.3, -0.25) is 19.5 Å². The van der Waals surface area contributed by atoms with Gasteiger partial charge in [0.1, 0.15) is 42.1 Å². The molecule has 2 atom stereocenters. The van der Waals surface area contributed by atoms with Crippen LogP contribution in [0.4, 0.5) is 9.93 Å². The van der Waals surface area contributed by atoms with Crippen LogP contribution in [-0.4, -0.2) is 86.2 Å². The van der Waals surface area contributed by atoms with Crippen molar-refractivity contribution in [2.45, 2.75) is 49.6 Å². The number of amides is 2. The summed E-state index contributed by atoms with van der Waals surface area (Å²) in [5.74, 6) is -1.87. The van der Waals surface area contributed by atoms with Crippen molar-refractivity contribution in [3.8, 4) is 0 Å². The van der Waals surface area contributed by atoms with Gasteiger partial charge in [-0.2, -0.15) is 0 Å². The summed E-state index contributed by atoms with van der Waals surface area (Å²) in [6.45, 7) is -0.477. The molecule has 44 heavy (non-hydrogen) atoms. The first kappa shape index (κ1) is 31.0. The van der Waals surface area contributed by atoms with Gasteiger partial charge < -0.3 is 30.5 Å². The van der Waals surface area contributed by atoms with Crippen LogP contribution in [0.5, 0.6) is 0 Å². The molecule has 2 aliphatic heterocycles. The number of aromatic nitrogens is 2. The fourth-order valence-corrected chi connectivity index (χ4v) is 6.80. The normalized spacial score (nSPS) is 20.6. The third kappa shape index (κ3) is 7.19. The molecule has 16 heteroatoms. The number of hydrogen-bond acceptors (Lipinski definition) is 14. The number of allylic oxidation sites excluding steroid dienone is 1. The van der Waals surface area contributed by atoms with Crippen LogP contribution >= 0.6 is 23.1 Å². The smallest absolute Gasteiger partial charge is 0.457 e. The average Bonchev–Trinajstić information content (AvgIpc) is 3.47. The number of rotatable bonds is 10.